The van der Waals surface area contributed by atoms with Crippen molar-refractivity contribution in [3.63, 3.8) is 0 Å². The zero-order valence-electron chi connectivity index (χ0n) is 16.2. The van der Waals surface area contributed by atoms with Crippen LogP contribution in [0.5, 0.6) is 0 Å². The average molecular weight is 427 g/mol. The molecule has 1 aromatic carbocycles. The number of nitrogens with one attached hydrogen (secondary N) is 3. The predicted molar refractivity (Wildman–Crippen MR) is 107 cm³/mol. The standard InChI is InChI=1S/C19H29BrN4O2/c1-5-23-8-10-24(11-9-23)19(26)15(3)22(4)13-18(25)21-17-7-6-16(20)12-14(17)2/h6-7,12,15H,5,8-11,13H2,1-4H3,(H,21,25)/p+2/t15-/m0/s1. The topological polar surface area (TPSA) is 58.3 Å². The van der Waals surface area contributed by atoms with Crippen molar-refractivity contribution in [3.8, 4) is 0 Å². The second kappa shape index (κ2) is 9.48. The fraction of sp³-hybridized carbons (Fsp3) is 0.579. The van der Waals surface area contributed by atoms with Gasteiger partial charge in [-0.2, -0.15) is 0 Å². The molecule has 26 heavy (non-hydrogen) atoms. The number of aryl methyl sites for hydroxylation is 1. The summed E-state index contributed by atoms with van der Waals surface area (Å²) in [4.78, 5) is 29.5. The first-order valence-electron chi connectivity index (χ1n) is 9.32. The van der Waals surface area contributed by atoms with Crippen LogP contribution in [0.3, 0.4) is 0 Å². The number of carbonyl (C=O) groups is 2. The summed E-state index contributed by atoms with van der Waals surface area (Å²) < 4.78 is 0.986. The first-order chi connectivity index (χ1) is 12.3. The van der Waals surface area contributed by atoms with E-state index < -0.39 is 0 Å². The Hall–Kier alpha value is -1.44. The van der Waals surface area contributed by atoms with Gasteiger partial charge in [0, 0.05) is 10.2 Å². The molecule has 1 aromatic rings. The van der Waals surface area contributed by atoms with Gasteiger partial charge in [-0.15, -0.1) is 0 Å². The molecule has 2 amide bonds. The van der Waals surface area contributed by atoms with Crippen molar-refractivity contribution in [1.82, 2.24) is 4.90 Å². The van der Waals surface area contributed by atoms with Gasteiger partial charge in [0.2, 0.25) is 0 Å². The molecule has 1 aliphatic heterocycles. The third-order valence-electron chi connectivity index (χ3n) is 5.29. The van der Waals surface area contributed by atoms with Gasteiger partial charge in [-0.1, -0.05) is 15.9 Å². The molecular formula is C19H31BrN4O2+2. The van der Waals surface area contributed by atoms with Crippen LogP contribution in [0.15, 0.2) is 22.7 Å². The zero-order valence-corrected chi connectivity index (χ0v) is 17.8. The minimum atomic E-state index is -0.227. The van der Waals surface area contributed by atoms with Crippen molar-refractivity contribution in [2.45, 2.75) is 26.8 Å². The average Bonchev–Trinajstić information content (AvgIpc) is 2.62. The van der Waals surface area contributed by atoms with Crippen LogP contribution in [0, 0.1) is 6.92 Å². The molecule has 1 heterocycles. The van der Waals surface area contributed by atoms with E-state index >= 15 is 0 Å². The van der Waals surface area contributed by atoms with E-state index in [1.54, 1.807) is 4.90 Å². The lowest BCUT2D eigenvalue weighted by atomic mass is 10.2. The molecule has 0 aliphatic carbocycles. The van der Waals surface area contributed by atoms with Crippen molar-refractivity contribution in [2.75, 3.05) is 51.6 Å². The molecule has 0 radical (unpaired) electrons. The number of nitrogens with zero attached hydrogens (tertiary/aromatic N) is 1. The molecule has 1 unspecified atom stereocenters. The monoisotopic (exact) mass is 426 g/mol. The summed E-state index contributed by atoms with van der Waals surface area (Å²) in [6, 6.07) is 5.53. The molecule has 2 rings (SSSR count). The van der Waals surface area contributed by atoms with Gasteiger partial charge < -0.3 is 20.0 Å². The van der Waals surface area contributed by atoms with Gasteiger partial charge in [0.25, 0.3) is 11.8 Å². The molecule has 0 bridgehead atoms. The molecule has 0 saturated carbocycles. The van der Waals surface area contributed by atoms with Crippen LogP contribution < -0.4 is 15.1 Å². The van der Waals surface area contributed by atoms with Crippen LogP contribution in [-0.2, 0) is 9.59 Å². The molecule has 0 spiro atoms. The Morgan fingerprint density at radius 2 is 2.00 bits per heavy atom. The highest BCUT2D eigenvalue weighted by atomic mass is 79.9. The van der Waals surface area contributed by atoms with E-state index in [1.807, 2.05) is 44.0 Å². The van der Waals surface area contributed by atoms with E-state index in [2.05, 4.69) is 28.2 Å². The SMILES string of the molecule is CC[NH+]1CCN(C(=O)[C@H](C)[NH+](C)CC(=O)Nc2ccc(Br)cc2C)CC1. The molecule has 6 nitrogen and oxygen atoms in total. The van der Waals surface area contributed by atoms with Gasteiger partial charge >= 0.3 is 0 Å². The first-order valence-corrected chi connectivity index (χ1v) is 10.1. The Kier molecular flexibility index (Phi) is 7.61. The maximum Gasteiger partial charge on any atom is 0.280 e. The highest BCUT2D eigenvalue weighted by Gasteiger charge is 2.31. The van der Waals surface area contributed by atoms with Crippen LogP contribution >= 0.6 is 15.9 Å². The summed E-state index contributed by atoms with van der Waals surface area (Å²) in [7, 11) is 1.91. The van der Waals surface area contributed by atoms with E-state index in [0.29, 0.717) is 0 Å². The molecule has 3 N–H and O–H groups in total. The van der Waals surface area contributed by atoms with E-state index in [4.69, 9.17) is 0 Å². The number of amides is 2. The Bertz CT molecular complexity index is 644. The number of halogens is 1. The van der Waals surface area contributed by atoms with Crippen LogP contribution in [0.4, 0.5) is 5.69 Å². The number of likely N-dealkylation sites (N-methyl/N-ethyl adjacent to an activating group) is 2. The molecule has 1 fully saturated rings. The van der Waals surface area contributed by atoms with Crippen molar-refractivity contribution in [2.24, 2.45) is 0 Å². The number of hydrogen-bond acceptors (Lipinski definition) is 2. The van der Waals surface area contributed by atoms with Crippen molar-refractivity contribution in [3.05, 3.63) is 28.2 Å². The van der Waals surface area contributed by atoms with Gasteiger partial charge in [0.05, 0.1) is 39.8 Å². The van der Waals surface area contributed by atoms with Crippen LogP contribution in [0.1, 0.15) is 19.4 Å². The summed E-state index contributed by atoms with van der Waals surface area (Å²) in [6.07, 6.45) is 0. The summed E-state index contributed by atoms with van der Waals surface area (Å²) in [5, 5.41) is 2.95. The van der Waals surface area contributed by atoms with E-state index in [0.717, 1.165) is 53.3 Å². The largest absolute Gasteiger partial charge is 0.332 e. The number of benzene rings is 1. The fourth-order valence-electron chi connectivity index (χ4n) is 3.25. The zero-order chi connectivity index (χ0) is 19.3. The van der Waals surface area contributed by atoms with Crippen LogP contribution in [0.2, 0.25) is 0 Å². The number of carbonyl (C=O) groups excluding carboxylic acids is 2. The number of hydrogen-bond donors (Lipinski definition) is 3. The Balaban J connectivity index is 1.86. The summed E-state index contributed by atoms with van der Waals surface area (Å²) in [6.45, 7) is 11.1. The predicted octanol–water partition coefficient (Wildman–Crippen LogP) is -0.654. The van der Waals surface area contributed by atoms with Crippen molar-refractivity contribution >= 4 is 33.4 Å². The van der Waals surface area contributed by atoms with E-state index in [1.165, 1.54) is 0 Å². The summed E-state index contributed by atoms with van der Waals surface area (Å²) in [5.74, 6) is 0.0677. The molecule has 144 valence electrons. The van der Waals surface area contributed by atoms with E-state index in [9.17, 15) is 9.59 Å². The minimum absolute atomic E-state index is 0.0761. The number of piperazine rings is 1. The fourth-order valence-corrected chi connectivity index (χ4v) is 3.73. The molecular weight excluding hydrogens is 396 g/mol. The Morgan fingerprint density at radius 3 is 2.58 bits per heavy atom. The lowest BCUT2D eigenvalue weighted by Crippen LogP contribution is -3.16. The van der Waals surface area contributed by atoms with Gasteiger partial charge in [-0.25, -0.2) is 0 Å². The van der Waals surface area contributed by atoms with Gasteiger partial charge in [0.1, 0.15) is 0 Å². The van der Waals surface area contributed by atoms with Crippen LogP contribution in [0.25, 0.3) is 0 Å². The molecule has 2 atom stereocenters. The number of quaternary nitrogens is 2. The maximum absolute atomic E-state index is 12.7. The highest BCUT2D eigenvalue weighted by molar-refractivity contribution is 9.10. The van der Waals surface area contributed by atoms with Gasteiger partial charge in [-0.05, 0) is 44.5 Å². The molecule has 1 aliphatic rings. The van der Waals surface area contributed by atoms with Gasteiger partial charge in [0.15, 0.2) is 12.6 Å². The second-order valence-corrected chi connectivity index (χ2v) is 8.10. The van der Waals surface area contributed by atoms with E-state index in [-0.39, 0.29) is 24.4 Å². The molecule has 0 aromatic heterocycles. The maximum atomic E-state index is 12.7. The lowest BCUT2D eigenvalue weighted by Gasteiger charge is -2.33. The Morgan fingerprint density at radius 1 is 1.35 bits per heavy atom. The smallest absolute Gasteiger partial charge is 0.280 e. The molecule has 1 saturated heterocycles. The quantitative estimate of drug-likeness (QED) is 0.565. The third kappa shape index (κ3) is 5.53. The number of rotatable bonds is 6. The third-order valence-corrected chi connectivity index (χ3v) is 5.79. The lowest BCUT2D eigenvalue weighted by molar-refractivity contribution is -0.903. The summed E-state index contributed by atoms with van der Waals surface area (Å²) in [5.41, 5.74) is 1.81. The normalized spacial score (nSPS) is 17.7. The highest BCUT2D eigenvalue weighted by Crippen LogP contribution is 2.19. The van der Waals surface area contributed by atoms with Crippen LogP contribution in [-0.4, -0.2) is 69.1 Å². The number of anilines is 1. The minimum Gasteiger partial charge on any atom is -0.332 e. The second-order valence-electron chi connectivity index (χ2n) is 7.18. The first kappa shape index (κ1) is 20.9. The molecule has 7 heteroatoms. The summed E-state index contributed by atoms with van der Waals surface area (Å²) >= 11 is 3.42. The van der Waals surface area contributed by atoms with Crippen molar-refractivity contribution in [1.29, 1.82) is 0 Å². The Labute approximate surface area is 164 Å². The van der Waals surface area contributed by atoms with Gasteiger partial charge in [-0.3, -0.25) is 9.59 Å². The van der Waals surface area contributed by atoms with Crippen molar-refractivity contribution < 1.29 is 19.4 Å².